The first kappa shape index (κ1) is 16.1. The zero-order valence-corrected chi connectivity index (χ0v) is 12.5. The number of hydrogen-bond donors (Lipinski definition) is 2. The van der Waals surface area contributed by atoms with E-state index >= 15 is 0 Å². The molecule has 2 N–H and O–H groups in total. The lowest BCUT2D eigenvalue weighted by Crippen LogP contribution is -2.34. The summed E-state index contributed by atoms with van der Waals surface area (Å²) in [6, 6.07) is 6.70. The summed E-state index contributed by atoms with van der Waals surface area (Å²) in [5, 5.41) is 18.3. The number of carboxylic acids is 1. The van der Waals surface area contributed by atoms with Crippen molar-refractivity contribution < 1.29 is 9.90 Å². The Hall–Kier alpha value is -1.95. The average molecular weight is 293 g/mol. The molecule has 6 heteroatoms. The SMILES string of the molecule is CCCCNC(=S)N(C)/N=C\c1ccccc1C(=O)O. The molecule has 0 aliphatic heterocycles. The van der Waals surface area contributed by atoms with E-state index in [0.29, 0.717) is 10.7 Å². The van der Waals surface area contributed by atoms with Gasteiger partial charge in [0.25, 0.3) is 0 Å². The minimum Gasteiger partial charge on any atom is -0.478 e. The highest BCUT2D eigenvalue weighted by molar-refractivity contribution is 7.80. The number of hydrogen-bond acceptors (Lipinski definition) is 3. The number of rotatable bonds is 6. The first-order valence-electron chi connectivity index (χ1n) is 6.44. The molecule has 5 nitrogen and oxygen atoms in total. The topological polar surface area (TPSA) is 64.9 Å². The zero-order chi connectivity index (χ0) is 15.0. The lowest BCUT2D eigenvalue weighted by molar-refractivity contribution is 0.0697. The molecule has 0 aromatic heterocycles. The van der Waals surface area contributed by atoms with Gasteiger partial charge in [0.1, 0.15) is 0 Å². The number of benzene rings is 1. The van der Waals surface area contributed by atoms with Crippen LogP contribution in [0.5, 0.6) is 0 Å². The number of carbonyl (C=O) groups is 1. The predicted molar refractivity (Wildman–Crippen MR) is 84.3 cm³/mol. The lowest BCUT2D eigenvalue weighted by Gasteiger charge is -2.15. The second-order valence-electron chi connectivity index (χ2n) is 4.25. The van der Waals surface area contributed by atoms with E-state index in [1.165, 1.54) is 11.2 Å². The fourth-order valence-corrected chi connectivity index (χ4v) is 1.64. The van der Waals surface area contributed by atoms with Crippen LogP contribution < -0.4 is 5.32 Å². The number of nitrogens with zero attached hydrogens (tertiary/aromatic N) is 2. The third kappa shape index (κ3) is 4.97. The molecular weight excluding hydrogens is 274 g/mol. The molecule has 0 saturated heterocycles. The molecule has 0 fully saturated rings. The molecule has 0 bridgehead atoms. The van der Waals surface area contributed by atoms with Crippen LogP contribution in [0.4, 0.5) is 0 Å². The minimum atomic E-state index is -0.974. The number of unbranched alkanes of at least 4 members (excludes halogenated alkanes) is 1. The molecule has 1 aromatic carbocycles. The van der Waals surface area contributed by atoms with Crippen molar-refractivity contribution in [2.75, 3.05) is 13.6 Å². The Morgan fingerprint density at radius 2 is 2.20 bits per heavy atom. The van der Waals surface area contributed by atoms with Crippen molar-refractivity contribution in [2.24, 2.45) is 5.10 Å². The van der Waals surface area contributed by atoms with E-state index in [4.69, 9.17) is 17.3 Å². The van der Waals surface area contributed by atoms with Gasteiger partial charge in [-0.1, -0.05) is 31.5 Å². The van der Waals surface area contributed by atoms with E-state index in [1.807, 2.05) is 0 Å². The Kier molecular flexibility index (Phi) is 6.66. The normalized spacial score (nSPS) is 10.5. The minimum absolute atomic E-state index is 0.217. The van der Waals surface area contributed by atoms with Crippen LogP contribution in [0.2, 0.25) is 0 Å². The van der Waals surface area contributed by atoms with E-state index in [1.54, 1.807) is 31.3 Å². The number of carboxylic acid groups (broad SMARTS) is 1. The highest BCUT2D eigenvalue weighted by Crippen LogP contribution is 2.06. The monoisotopic (exact) mass is 293 g/mol. The smallest absolute Gasteiger partial charge is 0.336 e. The van der Waals surface area contributed by atoms with Crippen molar-refractivity contribution >= 4 is 29.5 Å². The molecule has 108 valence electrons. The van der Waals surface area contributed by atoms with E-state index in [2.05, 4.69) is 17.3 Å². The van der Waals surface area contributed by atoms with Gasteiger partial charge in [0.2, 0.25) is 0 Å². The van der Waals surface area contributed by atoms with E-state index in [-0.39, 0.29) is 5.56 Å². The van der Waals surface area contributed by atoms with E-state index in [0.717, 1.165) is 19.4 Å². The first-order chi connectivity index (χ1) is 9.56. The van der Waals surface area contributed by atoms with Crippen LogP contribution in [0.15, 0.2) is 29.4 Å². The van der Waals surface area contributed by atoms with Gasteiger partial charge in [-0.05, 0) is 24.7 Å². The summed E-state index contributed by atoms with van der Waals surface area (Å²) in [4.78, 5) is 11.1. The summed E-state index contributed by atoms with van der Waals surface area (Å²) in [7, 11) is 1.72. The van der Waals surface area contributed by atoms with Crippen molar-refractivity contribution in [3.8, 4) is 0 Å². The Morgan fingerprint density at radius 3 is 2.85 bits per heavy atom. The molecule has 1 aromatic rings. The lowest BCUT2D eigenvalue weighted by atomic mass is 10.1. The quantitative estimate of drug-likeness (QED) is 0.365. The molecule has 0 aliphatic carbocycles. The zero-order valence-electron chi connectivity index (χ0n) is 11.7. The van der Waals surface area contributed by atoms with E-state index < -0.39 is 5.97 Å². The van der Waals surface area contributed by atoms with Gasteiger partial charge in [-0.3, -0.25) is 0 Å². The van der Waals surface area contributed by atoms with Crippen molar-refractivity contribution in [3.05, 3.63) is 35.4 Å². The van der Waals surface area contributed by atoms with Crippen LogP contribution in [0.25, 0.3) is 0 Å². The molecule has 0 unspecified atom stereocenters. The maximum atomic E-state index is 11.1. The summed E-state index contributed by atoms with van der Waals surface area (Å²) >= 11 is 5.17. The van der Waals surface area contributed by atoms with Gasteiger partial charge in [-0.25, -0.2) is 9.80 Å². The molecular formula is C14H19N3O2S. The standard InChI is InChI=1S/C14H19N3O2S/c1-3-4-9-15-14(20)17(2)16-10-11-7-5-6-8-12(11)13(18)19/h5-8,10H,3-4,9H2,1-2H3,(H,15,20)(H,18,19)/b16-10-. The number of aromatic carboxylic acids is 1. The summed E-state index contributed by atoms with van der Waals surface area (Å²) in [6.45, 7) is 2.91. The molecule has 0 radical (unpaired) electrons. The highest BCUT2D eigenvalue weighted by atomic mass is 32.1. The van der Waals surface area contributed by atoms with Gasteiger partial charge < -0.3 is 10.4 Å². The van der Waals surface area contributed by atoms with Gasteiger partial charge in [0.15, 0.2) is 5.11 Å². The maximum absolute atomic E-state index is 11.1. The summed E-state index contributed by atoms with van der Waals surface area (Å²) in [5.74, 6) is -0.974. The largest absolute Gasteiger partial charge is 0.478 e. The average Bonchev–Trinajstić information content (AvgIpc) is 2.45. The molecule has 0 saturated carbocycles. The number of thiocarbonyl (C=S) groups is 1. The Bertz CT molecular complexity index is 503. The van der Waals surface area contributed by atoms with Crippen molar-refractivity contribution in [1.29, 1.82) is 0 Å². The second kappa shape index (κ2) is 8.27. The highest BCUT2D eigenvalue weighted by Gasteiger charge is 2.07. The maximum Gasteiger partial charge on any atom is 0.336 e. The molecule has 20 heavy (non-hydrogen) atoms. The van der Waals surface area contributed by atoms with Crippen molar-refractivity contribution in [2.45, 2.75) is 19.8 Å². The molecule has 1 rings (SSSR count). The van der Waals surface area contributed by atoms with Crippen LogP contribution in [-0.4, -0.2) is 41.0 Å². The van der Waals surface area contributed by atoms with Crippen LogP contribution in [0.3, 0.4) is 0 Å². The van der Waals surface area contributed by atoms with Crippen LogP contribution in [0.1, 0.15) is 35.7 Å². The molecule has 0 aliphatic rings. The molecule has 0 atom stereocenters. The van der Waals surface area contributed by atoms with Crippen LogP contribution >= 0.6 is 12.2 Å². The summed E-state index contributed by atoms with van der Waals surface area (Å²) in [6.07, 6.45) is 3.63. The molecule has 0 heterocycles. The molecule has 0 amide bonds. The van der Waals surface area contributed by atoms with Gasteiger partial charge in [0, 0.05) is 19.2 Å². The third-order valence-corrected chi connectivity index (χ3v) is 3.07. The number of hydrazone groups is 1. The Balaban J connectivity index is 2.67. The summed E-state index contributed by atoms with van der Waals surface area (Å²) < 4.78 is 0. The van der Waals surface area contributed by atoms with Gasteiger partial charge in [-0.2, -0.15) is 5.10 Å². The van der Waals surface area contributed by atoms with Crippen molar-refractivity contribution in [3.63, 3.8) is 0 Å². The Morgan fingerprint density at radius 1 is 1.50 bits per heavy atom. The van der Waals surface area contributed by atoms with Crippen LogP contribution in [0, 0.1) is 0 Å². The fraction of sp³-hybridized carbons (Fsp3) is 0.357. The summed E-state index contributed by atoms with van der Waals surface area (Å²) in [5.41, 5.74) is 0.762. The van der Waals surface area contributed by atoms with Gasteiger partial charge >= 0.3 is 5.97 Å². The third-order valence-electron chi connectivity index (χ3n) is 2.66. The van der Waals surface area contributed by atoms with Gasteiger partial charge in [0.05, 0.1) is 11.8 Å². The number of nitrogens with one attached hydrogen (secondary N) is 1. The molecule has 0 spiro atoms. The first-order valence-corrected chi connectivity index (χ1v) is 6.85. The fourth-order valence-electron chi connectivity index (χ4n) is 1.49. The van der Waals surface area contributed by atoms with E-state index in [9.17, 15) is 4.79 Å². The second-order valence-corrected chi connectivity index (χ2v) is 4.63. The Labute approximate surface area is 124 Å². The van der Waals surface area contributed by atoms with Gasteiger partial charge in [-0.15, -0.1) is 0 Å². The van der Waals surface area contributed by atoms with Crippen LogP contribution in [-0.2, 0) is 0 Å². The predicted octanol–water partition coefficient (Wildman–Crippen LogP) is 2.33. The van der Waals surface area contributed by atoms with Crippen molar-refractivity contribution in [1.82, 2.24) is 10.3 Å².